The molecule has 0 spiro atoms. The Bertz CT molecular complexity index is 197. The van der Waals surface area contributed by atoms with Crippen molar-refractivity contribution in [2.45, 2.75) is 52.4 Å². The molecule has 0 atom stereocenters. The van der Waals surface area contributed by atoms with Crippen molar-refractivity contribution in [3.05, 3.63) is 0 Å². The van der Waals surface area contributed by atoms with E-state index < -0.39 is 17.5 Å². The fourth-order valence-electron chi connectivity index (χ4n) is 0.499. The molecule has 14 heavy (non-hydrogen) atoms. The third-order valence-corrected chi connectivity index (χ3v) is 1.65. The zero-order chi connectivity index (χ0) is 11.4. The second kappa shape index (κ2) is 4.61. The Morgan fingerprint density at radius 1 is 1.21 bits per heavy atom. The summed E-state index contributed by atoms with van der Waals surface area (Å²) in [5.41, 5.74) is -0.459. The number of ether oxygens (including phenoxy) is 1. The van der Waals surface area contributed by atoms with Gasteiger partial charge >= 0.3 is 6.16 Å². The molecule has 5 nitrogen and oxygen atoms in total. The van der Waals surface area contributed by atoms with Crippen LogP contribution in [0.2, 0.25) is 0 Å². The van der Waals surface area contributed by atoms with Gasteiger partial charge in [0.05, 0.1) is 5.60 Å². The van der Waals surface area contributed by atoms with Crippen molar-refractivity contribution in [2.24, 2.45) is 0 Å². The lowest BCUT2D eigenvalue weighted by molar-refractivity contribution is -0.443. The molecule has 0 amide bonds. The van der Waals surface area contributed by atoms with Crippen molar-refractivity contribution in [3.63, 3.8) is 0 Å². The molecule has 0 saturated heterocycles. The monoisotopic (exact) mass is 206 g/mol. The summed E-state index contributed by atoms with van der Waals surface area (Å²) in [6.45, 7) is 8.54. The zero-order valence-corrected chi connectivity index (χ0v) is 9.29. The molecule has 0 aliphatic carbocycles. The van der Waals surface area contributed by atoms with Crippen molar-refractivity contribution in [1.82, 2.24) is 0 Å². The molecule has 1 N–H and O–H groups in total. The molecule has 0 aromatic carbocycles. The second-order valence-electron chi connectivity index (χ2n) is 4.05. The van der Waals surface area contributed by atoms with Gasteiger partial charge in [0.15, 0.2) is 0 Å². The predicted octanol–water partition coefficient (Wildman–Crippen LogP) is 2.55. The van der Waals surface area contributed by atoms with E-state index in [1.807, 2.05) is 20.8 Å². The number of hydrogen-bond acceptors (Lipinski definition) is 4. The average Bonchev–Trinajstić information content (AvgIpc) is 1.99. The highest BCUT2D eigenvalue weighted by molar-refractivity contribution is 5.57. The summed E-state index contributed by atoms with van der Waals surface area (Å²) in [6, 6.07) is 0. The van der Waals surface area contributed by atoms with E-state index in [-0.39, 0.29) is 0 Å². The molecule has 0 fully saturated rings. The maximum Gasteiger partial charge on any atom is 0.508 e. The van der Waals surface area contributed by atoms with Gasteiger partial charge in [-0.15, -0.1) is 0 Å². The van der Waals surface area contributed by atoms with Gasteiger partial charge in [-0.25, -0.2) is 9.68 Å². The van der Waals surface area contributed by atoms with E-state index in [0.29, 0.717) is 0 Å². The lowest BCUT2D eigenvalue weighted by atomic mass is 10.1. The second-order valence-corrected chi connectivity index (χ2v) is 4.05. The summed E-state index contributed by atoms with van der Waals surface area (Å²) >= 11 is 0. The van der Waals surface area contributed by atoms with E-state index >= 15 is 0 Å². The summed E-state index contributed by atoms with van der Waals surface area (Å²) < 4.78 is 4.45. The van der Waals surface area contributed by atoms with Crippen molar-refractivity contribution < 1.29 is 24.4 Å². The lowest BCUT2D eigenvalue weighted by Crippen LogP contribution is -2.35. The molecular weight excluding hydrogens is 188 g/mol. The number of carbonyl (C=O) groups is 1. The van der Waals surface area contributed by atoms with E-state index in [2.05, 4.69) is 4.74 Å². The van der Waals surface area contributed by atoms with Gasteiger partial charge < -0.3 is 9.84 Å². The Balaban J connectivity index is 4.04. The SMILES string of the molecule is CCC(C)(C)OOC(C)(C)OC(=O)O. The normalized spacial score (nSPS) is 12.6. The minimum atomic E-state index is -1.40. The van der Waals surface area contributed by atoms with Crippen LogP contribution in [0.3, 0.4) is 0 Å². The van der Waals surface area contributed by atoms with Crippen LogP contribution in [0.25, 0.3) is 0 Å². The highest BCUT2D eigenvalue weighted by atomic mass is 17.2. The maximum absolute atomic E-state index is 10.3. The van der Waals surface area contributed by atoms with E-state index in [1.54, 1.807) is 0 Å². The molecule has 5 heteroatoms. The summed E-state index contributed by atoms with van der Waals surface area (Å²) in [5.74, 6) is -1.29. The van der Waals surface area contributed by atoms with Crippen molar-refractivity contribution in [2.75, 3.05) is 0 Å². The van der Waals surface area contributed by atoms with Gasteiger partial charge in [0.1, 0.15) is 0 Å². The predicted molar refractivity (Wildman–Crippen MR) is 49.7 cm³/mol. The highest BCUT2D eigenvalue weighted by Crippen LogP contribution is 2.20. The van der Waals surface area contributed by atoms with Gasteiger partial charge in [-0.1, -0.05) is 6.92 Å². The standard InChI is InChI=1S/C9H18O5/c1-6-8(2,3)13-14-9(4,5)12-7(10)11/h6H2,1-5H3,(H,10,11). The van der Waals surface area contributed by atoms with E-state index in [4.69, 9.17) is 14.9 Å². The van der Waals surface area contributed by atoms with E-state index in [9.17, 15) is 4.79 Å². The minimum absolute atomic E-state index is 0.459. The molecule has 0 aliphatic rings. The van der Waals surface area contributed by atoms with E-state index in [1.165, 1.54) is 13.8 Å². The van der Waals surface area contributed by atoms with Crippen molar-refractivity contribution in [3.8, 4) is 0 Å². The first-order valence-corrected chi connectivity index (χ1v) is 4.47. The van der Waals surface area contributed by atoms with Crippen LogP contribution in [0.4, 0.5) is 4.79 Å². The first-order valence-electron chi connectivity index (χ1n) is 4.47. The Hall–Kier alpha value is -0.810. The molecule has 0 radical (unpaired) electrons. The highest BCUT2D eigenvalue weighted by Gasteiger charge is 2.28. The molecule has 84 valence electrons. The first-order chi connectivity index (χ1) is 6.18. The number of carboxylic acid groups (broad SMARTS) is 1. The Labute approximate surface area is 83.9 Å². The molecule has 0 heterocycles. The summed E-state index contributed by atoms with van der Waals surface area (Å²) in [5, 5.41) is 8.38. The zero-order valence-electron chi connectivity index (χ0n) is 9.29. The number of rotatable bonds is 5. The third-order valence-electron chi connectivity index (χ3n) is 1.65. The molecule has 0 bridgehead atoms. The molecule has 0 rings (SSSR count). The van der Waals surface area contributed by atoms with Gasteiger partial charge in [-0.3, -0.25) is 0 Å². The minimum Gasteiger partial charge on any atom is -0.450 e. The van der Waals surface area contributed by atoms with Gasteiger partial charge in [0.25, 0.3) is 0 Å². The van der Waals surface area contributed by atoms with Crippen LogP contribution in [-0.4, -0.2) is 22.7 Å². The van der Waals surface area contributed by atoms with Gasteiger partial charge in [0.2, 0.25) is 5.79 Å². The van der Waals surface area contributed by atoms with Crippen molar-refractivity contribution >= 4 is 6.16 Å². The Morgan fingerprint density at radius 2 is 1.71 bits per heavy atom. The molecule has 0 saturated carbocycles. The van der Waals surface area contributed by atoms with Crippen LogP contribution in [-0.2, 0) is 14.5 Å². The molecule has 0 aromatic heterocycles. The van der Waals surface area contributed by atoms with Gasteiger partial charge in [-0.05, 0) is 20.3 Å². The van der Waals surface area contributed by atoms with Crippen LogP contribution in [0.15, 0.2) is 0 Å². The van der Waals surface area contributed by atoms with Crippen LogP contribution in [0, 0.1) is 0 Å². The van der Waals surface area contributed by atoms with Crippen LogP contribution in [0.5, 0.6) is 0 Å². The number of hydrogen-bond donors (Lipinski definition) is 1. The van der Waals surface area contributed by atoms with Crippen LogP contribution in [0.1, 0.15) is 41.0 Å². The molecule has 0 aromatic rings. The Kier molecular flexibility index (Phi) is 4.35. The summed E-state index contributed by atoms with van der Waals surface area (Å²) in [7, 11) is 0. The quantitative estimate of drug-likeness (QED) is 0.324. The van der Waals surface area contributed by atoms with Crippen LogP contribution < -0.4 is 0 Å². The summed E-state index contributed by atoms with van der Waals surface area (Å²) in [4.78, 5) is 20.2. The lowest BCUT2D eigenvalue weighted by Gasteiger charge is -2.28. The average molecular weight is 206 g/mol. The van der Waals surface area contributed by atoms with Crippen LogP contribution >= 0.6 is 0 Å². The van der Waals surface area contributed by atoms with Crippen molar-refractivity contribution in [1.29, 1.82) is 0 Å². The Morgan fingerprint density at radius 3 is 2.07 bits per heavy atom. The molecular formula is C9H18O5. The van der Waals surface area contributed by atoms with Gasteiger partial charge in [0, 0.05) is 13.8 Å². The fourth-order valence-corrected chi connectivity index (χ4v) is 0.499. The third kappa shape index (κ3) is 5.77. The fraction of sp³-hybridized carbons (Fsp3) is 0.889. The maximum atomic E-state index is 10.3. The molecule has 0 unspecified atom stereocenters. The largest absolute Gasteiger partial charge is 0.508 e. The molecule has 0 aliphatic heterocycles. The first kappa shape index (κ1) is 13.2. The smallest absolute Gasteiger partial charge is 0.450 e. The topological polar surface area (TPSA) is 65.0 Å². The van der Waals surface area contributed by atoms with E-state index in [0.717, 1.165) is 6.42 Å². The summed E-state index contributed by atoms with van der Waals surface area (Å²) in [6.07, 6.45) is -0.649. The van der Waals surface area contributed by atoms with Gasteiger partial charge in [-0.2, -0.15) is 4.89 Å².